The van der Waals surface area contributed by atoms with Gasteiger partial charge in [0, 0.05) is 19.4 Å². The Morgan fingerprint density at radius 1 is 0.436 bits per heavy atom. The van der Waals surface area contributed by atoms with Crippen molar-refractivity contribution in [3.63, 3.8) is 0 Å². The van der Waals surface area contributed by atoms with E-state index in [0.717, 1.165) is 45.1 Å². The quantitative estimate of drug-likeness (QED) is 0.0350. The van der Waals surface area contributed by atoms with E-state index in [4.69, 9.17) is 9.47 Å². The Morgan fingerprint density at radius 2 is 0.727 bits per heavy atom. The molecule has 0 aliphatic carbocycles. The van der Waals surface area contributed by atoms with Gasteiger partial charge >= 0.3 is 11.9 Å². The van der Waals surface area contributed by atoms with Gasteiger partial charge in [-0.1, -0.05) is 155 Å². The summed E-state index contributed by atoms with van der Waals surface area (Å²) in [5, 5.41) is 0. The van der Waals surface area contributed by atoms with Gasteiger partial charge in [0.25, 0.3) is 0 Å². The maximum Gasteiger partial charge on any atom is 0.306 e. The Hall–Kier alpha value is -1.14. The molecule has 0 saturated carbocycles. The van der Waals surface area contributed by atoms with Crippen LogP contribution in [0.5, 0.6) is 0 Å². The van der Waals surface area contributed by atoms with Crippen LogP contribution in [-0.4, -0.2) is 80.9 Å². The first-order valence-corrected chi connectivity index (χ1v) is 24.5. The van der Waals surface area contributed by atoms with Crippen LogP contribution in [0.15, 0.2) is 0 Å². The summed E-state index contributed by atoms with van der Waals surface area (Å²) in [5.74, 6) is 0.00927. The van der Waals surface area contributed by atoms with Crippen LogP contribution in [0.4, 0.5) is 0 Å². The van der Waals surface area contributed by atoms with Crippen LogP contribution in [0.25, 0.3) is 0 Å². The molecule has 0 aliphatic heterocycles. The molecule has 0 heterocycles. The van der Waals surface area contributed by atoms with Crippen LogP contribution in [0.2, 0.25) is 0 Å². The van der Waals surface area contributed by atoms with Crippen molar-refractivity contribution in [1.29, 1.82) is 0 Å². The summed E-state index contributed by atoms with van der Waals surface area (Å²) in [7, 11) is 6.87. The number of likely N-dealkylation sites (N-methyl/N-ethyl adjacent to an activating group) is 2. The van der Waals surface area contributed by atoms with Gasteiger partial charge in [-0.15, -0.1) is 0 Å². The van der Waals surface area contributed by atoms with E-state index in [2.05, 4.69) is 53.7 Å². The molecule has 0 bridgehead atoms. The summed E-state index contributed by atoms with van der Waals surface area (Å²) in [6.45, 7) is 13.6. The van der Waals surface area contributed by atoms with E-state index >= 15 is 0 Å². The molecule has 6 nitrogen and oxygen atoms in total. The Balaban J connectivity index is 3.88. The van der Waals surface area contributed by atoms with Crippen molar-refractivity contribution in [2.24, 2.45) is 0 Å². The highest BCUT2D eigenvalue weighted by Gasteiger charge is 2.21. The largest absolute Gasteiger partial charge is 0.463 e. The molecule has 0 rings (SSSR count). The Kier molecular flexibility index (Phi) is 38.9. The average molecular weight is 780 g/mol. The smallest absolute Gasteiger partial charge is 0.306 e. The van der Waals surface area contributed by atoms with Crippen molar-refractivity contribution in [1.82, 2.24) is 4.90 Å². The maximum atomic E-state index is 12.3. The number of hydrogen-bond acceptors (Lipinski definition) is 5. The number of quaternary nitrogens is 1. The third kappa shape index (κ3) is 39.5. The van der Waals surface area contributed by atoms with E-state index in [0.29, 0.717) is 12.8 Å². The highest BCUT2D eigenvalue weighted by molar-refractivity contribution is 5.69. The molecule has 2 atom stereocenters. The lowest BCUT2D eigenvalue weighted by molar-refractivity contribution is -0.909. The lowest BCUT2D eigenvalue weighted by atomic mass is 10.1. The zero-order valence-electron chi connectivity index (χ0n) is 38.6. The van der Waals surface area contributed by atoms with E-state index < -0.39 is 0 Å². The molecule has 0 aromatic rings. The number of unbranched alkanes of at least 4 members (excludes halogenated alkanes) is 26. The molecular formula is C49H99N2O4+. The fourth-order valence-corrected chi connectivity index (χ4v) is 7.89. The molecule has 6 heteroatoms. The number of nitrogens with zero attached hydrogens (tertiary/aromatic N) is 2. The predicted molar refractivity (Wildman–Crippen MR) is 239 cm³/mol. The molecule has 0 radical (unpaired) electrons. The summed E-state index contributed by atoms with van der Waals surface area (Å²) in [4.78, 5) is 26.9. The van der Waals surface area contributed by atoms with Crippen molar-refractivity contribution in [3.05, 3.63) is 0 Å². The minimum Gasteiger partial charge on any atom is -0.463 e. The van der Waals surface area contributed by atoms with Crippen molar-refractivity contribution >= 4 is 11.9 Å². The van der Waals surface area contributed by atoms with E-state index in [1.54, 1.807) is 0 Å². The van der Waals surface area contributed by atoms with Crippen LogP contribution in [0.3, 0.4) is 0 Å². The summed E-state index contributed by atoms with van der Waals surface area (Å²) in [5.41, 5.74) is 0. The van der Waals surface area contributed by atoms with E-state index in [9.17, 15) is 9.59 Å². The Bertz CT molecular complexity index is 776. The van der Waals surface area contributed by atoms with Crippen LogP contribution in [0, 0.1) is 0 Å². The maximum absolute atomic E-state index is 12.3. The normalized spacial score (nSPS) is 13.9. The second kappa shape index (κ2) is 39.7. The van der Waals surface area contributed by atoms with Gasteiger partial charge < -0.3 is 18.9 Å². The van der Waals surface area contributed by atoms with Crippen LogP contribution in [0.1, 0.15) is 246 Å². The van der Waals surface area contributed by atoms with Crippen molar-refractivity contribution in [2.75, 3.05) is 47.3 Å². The van der Waals surface area contributed by atoms with Crippen molar-refractivity contribution < 1.29 is 23.5 Å². The number of hydrogen-bond donors (Lipinski definition) is 0. The number of carbonyl (C=O) groups is 2. The minimum absolute atomic E-state index is 0.00464. The monoisotopic (exact) mass is 780 g/mol. The predicted octanol–water partition coefficient (Wildman–Crippen LogP) is 14.2. The van der Waals surface area contributed by atoms with Gasteiger partial charge in [0.2, 0.25) is 0 Å². The Labute approximate surface area is 345 Å². The summed E-state index contributed by atoms with van der Waals surface area (Å²) in [6.07, 6.45) is 41.6. The lowest BCUT2D eigenvalue weighted by Gasteiger charge is -2.36. The fraction of sp³-hybridized carbons (Fsp3) is 0.959. The molecule has 0 aromatic heterocycles. The lowest BCUT2D eigenvalue weighted by Crippen LogP contribution is -2.49. The summed E-state index contributed by atoms with van der Waals surface area (Å²) < 4.78 is 12.5. The van der Waals surface area contributed by atoms with Crippen molar-refractivity contribution in [3.8, 4) is 0 Å². The van der Waals surface area contributed by atoms with Gasteiger partial charge in [-0.05, 0) is 92.2 Å². The first-order valence-electron chi connectivity index (χ1n) is 24.5. The average Bonchev–Trinajstić information content (AvgIpc) is 3.14. The minimum atomic E-state index is 0.00464. The highest BCUT2D eigenvalue weighted by atomic mass is 16.5. The van der Waals surface area contributed by atoms with Crippen LogP contribution in [-0.2, 0) is 19.1 Å². The van der Waals surface area contributed by atoms with Gasteiger partial charge in [-0.2, -0.15) is 0 Å². The zero-order valence-corrected chi connectivity index (χ0v) is 38.6. The summed E-state index contributed by atoms with van der Waals surface area (Å²) >= 11 is 0. The number of esters is 2. The third-order valence-corrected chi connectivity index (χ3v) is 11.8. The first-order chi connectivity index (χ1) is 26.6. The van der Waals surface area contributed by atoms with Gasteiger partial charge in [-0.25, -0.2) is 0 Å². The SMILES string of the molecule is CCCCCCCCCCC(C)OC(=O)CCCCCCCCC[N+](C)(CCCCCCCCCC(=O)OC(C)CCCCCCCCCC)CCN(C)C. The second-order valence-electron chi connectivity index (χ2n) is 18.2. The highest BCUT2D eigenvalue weighted by Crippen LogP contribution is 2.17. The molecule has 55 heavy (non-hydrogen) atoms. The van der Waals surface area contributed by atoms with Crippen LogP contribution < -0.4 is 0 Å². The van der Waals surface area contributed by atoms with E-state index in [1.807, 2.05) is 0 Å². The van der Waals surface area contributed by atoms with Gasteiger partial charge in [0.05, 0.1) is 38.9 Å². The molecule has 0 spiro atoms. The fourth-order valence-electron chi connectivity index (χ4n) is 7.89. The third-order valence-electron chi connectivity index (χ3n) is 11.8. The topological polar surface area (TPSA) is 55.8 Å². The molecule has 0 N–H and O–H groups in total. The van der Waals surface area contributed by atoms with Crippen molar-refractivity contribution in [2.45, 2.75) is 258 Å². The van der Waals surface area contributed by atoms with Gasteiger partial charge in [-0.3, -0.25) is 9.59 Å². The number of carbonyl (C=O) groups excluding carboxylic acids is 2. The van der Waals surface area contributed by atoms with E-state index in [-0.39, 0.29) is 24.1 Å². The zero-order chi connectivity index (χ0) is 40.7. The molecule has 328 valence electrons. The number of ether oxygens (including phenoxy) is 2. The molecule has 0 aliphatic rings. The molecule has 0 amide bonds. The van der Waals surface area contributed by atoms with Crippen LogP contribution >= 0.6 is 0 Å². The standard InChI is InChI=1S/C49H99N2O4/c1-8-10-12-14-16-20-26-32-38-46(3)54-48(52)40-34-28-22-18-24-30-36-43-51(7,45-42-50(5)6)44-37-31-25-19-23-29-35-41-49(53)55-47(4)39-33-27-21-17-15-13-11-9-2/h46-47H,8-45H2,1-7H3/q+1. The first kappa shape index (κ1) is 53.9. The Morgan fingerprint density at radius 3 is 1.05 bits per heavy atom. The van der Waals surface area contributed by atoms with Gasteiger partial charge in [0.1, 0.15) is 0 Å². The molecule has 0 aromatic carbocycles. The molecular weight excluding hydrogens is 681 g/mol. The van der Waals surface area contributed by atoms with Gasteiger partial charge in [0.15, 0.2) is 0 Å². The molecule has 2 unspecified atom stereocenters. The van der Waals surface area contributed by atoms with E-state index in [1.165, 1.54) is 191 Å². The summed E-state index contributed by atoms with van der Waals surface area (Å²) in [6, 6.07) is 0. The number of rotatable bonds is 43. The molecule has 0 saturated heterocycles. The molecule has 0 fully saturated rings. The second-order valence-corrected chi connectivity index (χ2v) is 18.2.